The van der Waals surface area contributed by atoms with Crippen LogP contribution < -0.4 is 4.74 Å². The van der Waals surface area contributed by atoms with E-state index in [9.17, 15) is 13.2 Å². The second-order valence-electron chi connectivity index (χ2n) is 4.38. The maximum Gasteiger partial charge on any atom is 0.416 e. The molecule has 0 unspecified atom stereocenters. The van der Waals surface area contributed by atoms with Gasteiger partial charge in [-0.05, 0) is 47.5 Å². The molecule has 3 nitrogen and oxygen atoms in total. The van der Waals surface area contributed by atoms with Gasteiger partial charge in [0, 0.05) is 0 Å². The molecule has 0 aromatic heterocycles. The molecule has 0 bridgehead atoms. The van der Waals surface area contributed by atoms with Crippen LogP contribution >= 0.6 is 0 Å². The summed E-state index contributed by atoms with van der Waals surface area (Å²) in [6.07, 6.45) is -1.40. The van der Waals surface area contributed by atoms with E-state index in [0.717, 1.165) is 23.4 Å². The molecule has 0 radical (unpaired) electrons. The fourth-order valence-electron chi connectivity index (χ4n) is 1.65. The van der Waals surface area contributed by atoms with Crippen LogP contribution in [0.15, 0.2) is 58.7 Å². The van der Waals surface area contributed by atoms with Crippen LogP contribution in [0.4, 0.5) is 13.2 Å². The van der Waals surface area contributed by atoms with Crippen LogP contribution in [-0.2, 0) is 6.18 Å². The Balaban J connectivity index is 1.98. The van der Waals surface area contributed by atoms with Gasteiger partial charge in [-0.25, -0.2) is 0 Å². The molecule has 0 atom stereocenters. The van der Waals surface area contributed by atoms with Crippen molar-refractivity contribution in [2.24, 2.45) is 10.2 Å². The van der Waals surface area contributed by atoms with Crippen LogP contribution in [0.2, 0.25) is 0 Å². The number of rotatable bonds is 4. The first-order valence-corrected chi connectivity index (χ1v) is 6.37. The van der Waals surface area contributed by atoms with E-state index < -0.39 is 11.7 Å². The molecule has 2 rings (SSSR count). The van der Waals surface area contributed by atoms with Gasteiger partial charge in [0.1, 0.15) is 5.75 Å². The van der Waals surface area contributed by atoms with Crippen molar-refractivity contribution < 1.29 is 17.9 Å². The Morgan fingerprint density at radius 3 is 1.68 bits per heavy atom. The van der Waals surface area contributed by atoms with Gasteiger partial charge >= 0.3 is 6.18 Å². The summed E-state index contributed by atoms with van der Waals surface area (Å²) in [5, 5.41) is 7.65. The second-order valence-corrected chi connectivity index (χ2v) is 4.38. The highest BCUT2D eigenvalue weighted by Gasteiger charge is 2.29. The number of alkyl halides is 3. The zero-order valence-corrected chi connectivity index (χ0v) is 11.7. The number of halogens is 3. The molecule has 2 aromatic rings. The average Bonchev–Trinajstić information content (AvgIpc) is 2.52. The summed E-state index contributed by atoms with van der Waals surface area (Å²) in [6.45, 7) is 0. The SMILES string of the molecule is COc1ccc(C=NN=Cc2ccc(C(F)(F)F)cc2)cc1. The van der Waals surface area contributed by atoms with Crippen molar-refractivity contribution in [3.8, 4) is 5.75 Å². The molecule has 0 amide bonds. The third-order valence-corrected chi connectivity index (χ3v) is 2.83. The van der Waals surface area contributed by atoms with E-state index >= 15 is 0 Å². The van der Waals surface area contributed by atoms with Crippen molar-refractivity contribution in [1.82, 2.24) is 0 Å². The molecule has 0 aliphatic rings. The van der Waals surface area contributed by atoms with Gasteiger partial charge in [-0.1, -0.05) is 12.1 Å². The molecule has 0 fully saturated rings. The van der Waals surface area contributed by atoms with Gasteiger partial charge in [0.25, 0.3) is 0 Å². The first-order valence-electron chi connectivity index (χ1n) is 6.37. The predicted octanol–water partition coefficient (Wildman–Crippen LogP) is 4.17. The minimum Gasteiger partial charge on any atom is -0.497 e. The Bertz CT molecular complexity index is 659. The molecule has 0 heterocycles. The van der Waals surface area contributed by atoms with Crippen molar-refractivity contribution >= 4 is 12.4 Å². The highest BCUT2D eigenvalue weighted by molar-refractivity contribution is 5.82. The molecular formula is C16H13F3N2O. The smallest absolute Gasteiger partial charge is 0.416 e. The van der Waals surface area contributed by atoms with E-state index in [4.69, 9.17) is 4.74 Å². The summed E-state index contributed by atoms with van der Waals surface area (Å²) in [7, 11) is 1.58. The highest BCUT2D eigenvalue weighted by Crippen LogP contribution is 2.28. The molecule has 0 saturated heterocycles. The lowest BCUT2D eigenvalue weighted by molar-refractivity contribution is -0.137. The standard InChI is InChI=1S/C16H13F3N2O/c1-22-15-8-4-13(5-9-15)11-21-20-10-12-2-6-14(7-3-12)16(17,18)19/h2-11H,1H3. The predicted molar refractivity (Wildman–Crippen MR) is 79.6 cm³/mol. The molecule has 0 N–H and O–H groups in total. The summed E-state index contributed by atoms with van der Waals surface area (Å²) in [4.78, 5) is 0. The van der Waals surface area contributed by atoms with Crippen LogP contribution in [0.5, 0.6) is 5.75 Å². The number of benzene rings is 2. The van der Waals surface area contributed by atoms with Crippen LogP contribution in [0.1, 0.15) is 16.7 Å². The van der Waals surface area contributed by atoms with Gasteiger partial charge in [0.05, 0.1) is 25.1 Å². The third kappa shape index (κ3) is 4.44. The molecule has 0 saturated carbocycles. The van der Waals surface area contributed by atoms with Gasteiger partial charge in [-0.15, -0.1) is 0 Å². The van der Waals surface area contributed by atoms with Crippen molar-refractivity contribution in [3.05, 3.63) is 65.2 Å². The van der Waals surface area contributed by atoms with Gasteiger partial charge in [-0.2, -0.15) is 23.4 Å². The number of hydrogen-bond donors (Lipinski definition) is 0. The Morgan fingerprint density at radius 2 is 1.27 bits per heavy atom. The number of nitrogens with zero attached hydrogens (tertiary/aromatic N) is 2. The number of hydrogen-bond acceptors (Lipinski definition) is 3. The van der Waals surface area contributed by atoms with Crippen LogP contribution in [0.3, 0.4) is 0 Å². The first kappa shape index (κ1) is 15.8. The third-order valence-electron chi connectivity index (χ3n) is 2.83. The Hall–Kier alpha value is -2.63. The van der Waals surface area contributed by atoms with E-state index in [1.807, 2.05) is 12.1 Å². The molecule has 22 heavy (non-hydrogen) atoms. The maximum absolute atomic E-state index is 12.4. The largest absolute Gasteiger partial charge is 0.497 e. The summed E-state index contributed by atoms with van der Waals surface area (Å²) in [6, 6.07) is 11.9. The normalized spacial score (nSPS) is 12.2. The van der Waals surface area contributed by atoms with Crippen molar-refractivity contribution in [2.45, 2.75) is 6.18 Å². The van der Waals surface area contributed by atoms with Gasteiger partial charge in [0.15, 0.2) is 0 Å². The Kier molecular flexibility index (Phi) is 4.93. The van der Waals surface area contributed by atoms with Crippen molar-refractivity contribution in [1.29, 1.82) is 0 Å². The summed E-state index contributed by atoms with van der Waals surface area (Å²) >= 11 is 0. The average molecular weight is 306 g/mol. The lowest BCUT2D eigenvalue weighted by Crippen LogP contribution is -2.04. The lowest BCUT2D eigenvalue weighted by atomic mass is 10.1. The molecule has 114 valence electrons. The summed E-state index contributed by atoms with van der Waals surface area (Å²) in [5.74, 6) is 0.741. The van der Waals surface area contributed by atoms with E-state index in [-0.39, 0.29) is 0 Å². The first-order chi connectivity index (χ1) is 10.5. The quantitative estimate of drug-likeness (QED) is 0.616. The van der Waals surface area contributed by atoms with E-state index in [2.05, 4.69) is 10.2 Å². The van der Waals surface area contributed by atoms with E-state index in [1.54, 1.807) is 25.5 Å². The minimum absolute atomic E-state index is 0.542. The molecule has 2 aromatic carbocycles. The van der Waals surface area contributed by atoms with Gasteiger partial charge in [0.2, 0.25) is 0 Å². The monoisotopic (exact) mass is 306 g/mol. The molecule has 6 heteroatoms. The fraction of sp³-hybridized carbons (Fsp3) is 0.125. The zero-order chi connectivity index (χ0) is 16.0. The molecule has 0 aliphatic heterocycles. The number of methoxy groups -OCH3 is 1. The highest BCUT2D eigenvalue weighted by atomic mass is 19.4. The summed E-state index contributed by atoms with van der Waals surface area (Å²) in [5.41, 5.74) is 0.691. The van der Waals surface area contributed by atoms with Crippen LogP contribution in [0.25, 0.3) is 0 Å². The molecule has 0 spiro atoms. The Morgan fingerprint density at radius 1 is 0.818 bits per heavy atom. The van der Waals surface area contributed by atoms with Crippen molar-refractivity contribution in [3.63, 3.8) is 0 Å². The van der Waals surface area contributed by atoms with Crippen molar-refractivity contribution in [2.75, 3.05) is 7.11 Å². The fourth-order valence-corrected chi connectivity index (χ4v) is 1.65. The van der Waals surface area contributed by atoms with Gasteiger partial charge < -0.3 is 4.74 Å². The molecule has 0 aliphatic carbocycles. The van der Waals surface area contributed by atoms with E-state index in [1.165, 1.54) is 18.3 Å². The summed E-state index contributed by atoms with van der Waals surface area (Å²) < 4.78 is 42.2. The molecular weight excluding hydrogens is 293 g/mol. The maximum atomic E-state index is 12.4. The Labute approximate surface area is 125 Å². The minimum atomic E-state index is -4.33. The van der Waals surface area contributed by atoms with E-state index in [0.29, 0.717) is 5.56 Å². The van der Waals surface area contributed by atoms with Crippen LogP contribution in [-0.4, -0.2) is 19.5 Å². The van der Waals surface area contributed by atoms with Gasteiger partial charge in [-0.3, -0.25) is 0 Å². The second kappa shape index (κ2) is 6.89. The number of ether oxygens (including phenoxy) is 1. The lowest BCUT2D eigenvalue weighted by Gasteiger charge is -2.05. The zero-order valence-electron chi connectivity index (χ0n) is 11.7. The van der Waals surface area contributed by atoms with Crippen LogP contribution in [0, 0.1) is 0 Å². The topological polar surface area (TPSA) is 34.0 Å².